The minimum absolute atomic E-state index is 0.180. The lowest BCUT2D eigenvalue weighted by atomic mass is 10.1. The maximum atomic E-state index is 12.6. The van der Waals surface area contributed by atoms with E-state index in [4.69, 9.17) is 9.47 Å². The summed E-state index contributed by atoms with van der Waals surface area (Å²) >= 11 is 0. The smallest absolute Gasteiger partial charge is 0.321 e. The van der Waals surface area contributed by atoms with E-state index in [1.165, 1.54) is 6.42 Å². The van der Waals surface area contributed by atoms with Crippen LogP contribution < -0.4 is 10.0 Å². The molecule has 0 aromatic heterocycles. The van der Waals surface area contributed by atoms with Crippen LogP contribution in [-0.4, -0.2) is 64.1 Å². The van der Waals surface area contributed by atoms with Crippen molar-refractivity contribution < 1.29 is 22.7 Å². The Hall–Kier alpha value is -1.68. The zero-order valence-electron chi connectivity index (χ0n) is 16.9. The molecule has 2 fully saturated rings. The number of likely N-dealkylation sites (tertiary alicyclic amines) is 1. The Morgan fingerprint density at radius 3 is 2.90 bits per heavy atom. The average molecular weight is 426 g/mol. The summed E-state index contributed by atoms with van der Waals surface area (Å²) in [5.74, 6) is 0. The third-order valence-corrected chi connectivity index (χ3v) is 5.88. The van der Waals surface area contributed by atoms with Crippen molar-refractivity contribution in [3.05, 3.63) is 29.8 Å². The van der Waals surface area contributed by atoms with Crippen LogP contribution in [0.4, 0.5) is 10.5 Å². The van der Waals surface area contributed by atoms with E-state index in [1.807, 2.05) is 24.3 Å². The summed E-state index contributed by atoms with van der Waals surface area (Å²) in [6.45, 7) is 2.83. The zero-order valence-corrected chi connectivity index (χ0v) is 17.7. The van der Waals surface area contributed by atoms with Gasteiger partial charge in [-0.05, 0) is 49.8 Å². The lowest BCUT2D eigenvalue weighted by Crippen LogP contribution is -2.50. The van der Waals surface area contributed by atoms with Crippen molar-refractivity contribution in [1.29, 1.82) is 0 Å². The monoisotopic (exact) mass is 425 g/mol. The highest BCUT2D eigenvalue weighted by Crippen LogP contribution is 2.17. The third-order valence-electron chi connectivity index (χ3n) is 5.11. The Balaban J connectivity index is 1.48. The average Bonchev–Trinajstić information content (AvgIpc) is 2.68. The summed E-state index contributed by atoms with van der Waals surface area (Å²) in [4.78, 5) is 14.2. The van der Waals surface area contributed by atoms with Gasteiger partial charge in [0.15, 0.2) is 0 Å². The van der Waals surface area contributed by atoms with E-state index in [1.54, 1.807) is 4.90 Å². The molecule has 0 unspecified atom stereocenters. The quantitative estimate of drug-likeness (QED) is 0.699. The molecule has 2 heterocycles. The van der Waals surface area contributed by atoms with Gasteiger partial charge in [-0.2, -0.15) is 0 Å². The van der Waals surface area contributed by atoms with Crippen LogP contribution >= 0.6 is 0 Å². The number of anilines is 1. The Kier molecular flexibility index (Phi) is 7.88. The number of rotatable bonds is 7. The second-order valence-electron chi connectivity index (χ2n) is 7.81. The number of benzene rings is 1. The molecule has 9 heteroatoms. The van der Waals surface area contributed by atoms with E-state index < -0.39 is 10.0 Å². The molecule has 0 radical (unpaired) electrons. The molecule has 0 saturated carbocycles. The Bertz CT molecular complexity index is 780. The lowest BCUT2D eigenvalue weighted by molar-refractivity contribution is -0.0447. The minimum Gasteiger partial charge on any atom is -0.376 e. The van der Waals surface area contributed by atoms with E-state index in [2.05, 4.69) is 10.0 Å². The number of hydrogen-bond donors (Lipinski definition) is 2. The van der Waals surface area contributed by atoms with Crippen molar-refractivity contribution in [2.75, 3.05) is 37.9 Å². The van der Waals surface area contributed by atoms with Gasteiger partial charge in [0.05, 0.1) is 25.6 Å². The molecule has 1 aromatic carbocycles. The van der Waals surface area contributed by atoms with Gasteiger partial charge in [0.2, 0.25) is 10.0 Å². The summed E-state index contributed by atoms with van der Waals surface area (Å²) in [7, 11) is -3.29. The molecular formula is C20H31N3O5S. The fourth-order valence-corrected chi connectivity index (χ4v) is 4.55. The zero-order chi connectivity index (χ0) is 20.7. The van der Waals surface area contributed by atoms with Gasteiger partial charge in [0.25, 0.3) is 0 Å². The van der Waals surface area contributed by atoms with Crippen LogP contribution in [0.15, 0.2) is 24.3 Å². The summed E-state index contributed by atoms with van der Waals surface area (Å²) in [6.07, 6.45) is 6.17. The summed E-state index contributed by atoms with van der Waals surface area (Å²) in [5, 5.41) is 2.90. The predicted molar refractivity (Wildman–Crippen MR) is 111 cm³/mol. The Morgan fingerprint density at radius 2 is 2.14 bits per heavy atom. The number of urea groups is 1. The highest BCUT2D eigenvalue weighted by atomic mass is 32.2. The number of sulfonamides is 1. The number of carbonyl (C=O) groups is 1. The van der Waals surface area contributed by atoms with Crippen LogP contribution in [0.2, 0.25) is 0 Å². The molecule has 29 heavy (non-hydrogen) atoms. The second-order valence-corrected chi connectivity index (χ2v) is 9.59. The number of ether oxygens (including phenoxy) is 2. The van der Waals surface area contributed by atoms with Gasteiger partial charge in [-0.15, -0.1) is 0 Å². The number of carbonyl (C=O) groups excluding carboxylic acids is 1. The summed E-state index contributed by atoms with van der Waals surface area (Å²) < 4.78 is 36.9. The number of amides is 2. The normalized spacial score (nSPS) is 23.0. The topological polar surface area (TPSA) is 97.0 Å². The molecular weight excluding hydrogens is 394 g/mol. The van der Waals surface area contributed by atoms with Gasteiger partial charge in [-0.1, -0.05) is 12.1 Å². The lowest BCUT2D eigenvalue weighted by Gasteiger charge is -2.32. The first-order valence-corrected chi connectivity index (χ1v) is 12.1. The minimum atomic E-state index is -3.29. The molecule has 2 N–H and O–H groups in total. The Labute approximate surface area is 173 Å². The molecule has 8 nitrogen and oxygen atoms in total. The van der Waals surface area contributed by atoms with Crippen LogP contribution in [0.1, 0.15) is 37.7 Å². The maximum Gasteiger partial charge on any atom is 0.321 e. The van der Waals surface area contributed by atoms with E-state index >= 15 is 0 Å². The number of nitrogens with zero attached hydrogens (tertiary/aromatic N) is 1. The van der Waals surface area contributed by atoms with Crippen LogP contribution in [0.5, 0.6) is 0 Å². The fraction of sp³-hybridized carbons (Fsp3) is 0.650. The van der Waals surface area contributed by atoms with Gasteiger partial charge in [-0.3, -0.25) is 0 Å². The molecule has 162 valence electrons. The van der Waals surface area contributed by atoms with Crippen molar-refractivity contribution in [3.63, 3.8) is 0 Å². The van der Waals surface area contributed by atoms with Crippen LogP contribution in [0.25, 0.3) is 0 Å². The highest BCUT2D eigenvalue weighted by molar-refractivity contribution is 7.88. The number of piperidine rings is 1. The van der Waals surface area contributed by atoms with Gasteiger partial charge in [-0.25, -0.2) is 17.9 Å². The van der Waals surface area contributed by atoms with Gasteiger partial charge in [0, 0.05) is 31.4 Å². The second kappa shape index (κ2) is 10.4. The van der Waals surface area contributed by atoms with Gasteiger partial charge in [0.1, 0.15) is 0 Å². The standard InChI is InChI=1S/C20H31N3O5S/c1-29(25,26)22-18-8-5-10-23(13-18)20(24)21-17-7-4-6-16(12-17)14-27-15-19-9-2-3-11-28-19/h4,6-7,12,18-19,22H,2-3,5,8-11,13-15H2,1H3,(H,21,24)/t18-,19-/m0/s1. The molecule has 0 spiro atoms. The maximum absolute atomic E-state index is 12.6. The fourth-order valence-electron chi connectivity index (χ4n) is 3.75. The molecule has 2 aliphatic heterocycles. The van der Waals surface area contributed by atoms with Crippen molar-refractivity contribution in [3.8, 4) is 0 Å². The van der Waals surface area contributed by atoms with Crippen molar-refractivity contribution >= 4 is 21.7 Å². The van der Waals surface area contributed by atoms with Crippen molar-refractivity contribution in [2.24, 2.45) is 0 Å². The first-order valence-electron chi connectivity index (χ1n) is 10.2. The molecule has 1 aromatic rings. The molecule has 2 amide bonds. The summed E-state index contributed by atoms with van der Waals surface area (Å²) in [5.41, 5.74) is 1.68. The molecule has 2 atom stereocenters. The first kappa shape index (κ1) is 22.0. The van der Waals surface area contributed by atoms with Gasteiger partial charge < -0.3 is 19.7 Å². The van der Waals surface area contributed by atoms with Crippen LogP contribution in [0, 0.1) is 0 Å². The number of hydrogen-bond acceptors (Lipinski definition) is 5. The first-order chi connectivity index (χ1) is 13.9. The van der Waals surface area contributed by atoms with Crippen molar-refractivity contribution in [1.82, 2.24) is 9.62 Å². The summed E-state index contributed by atoms with van der Waals surface area (Å²) in [6, 6.07) is 7.11. The van der Waals surface area contributed by atoms with E-state index in [9.17, 15) is 13.2 Å². The molecule has 2 aliphatic rings. The molecule has 0 aliphatic carbocycles. The van der Waals surface area contributed by atoms with Crippen molar-refractivity contribution in [2.45, 2.75) is 50.9 Å². The highest BCUT2D eigenvalue weighted by Gasteiger charge is 2.25. The van der Waals surface area contributed by atoms with E-state index in [-0.39, 0.29) is 18.2 Å². The molecule has 0 bridgehead atoms. The third kappa shape index (κ3) is 7.58. The van der Waals surface area contributed by atoms with E-state index in [0.29, 0.717) is 32.0 Å². The van der Waals surface area contributed by atoms with E-state index in [0.717, 1.165) is 44.1 Å². The van der Waals surface area contributed by atoms with Crippen LogP contribution in [0.3, 0.4) is 0 Å². The Morgan fingerprint density at radius 1 is 1.28 bits per heavy atom. The molecule has 3 rings (SSSR count). The number of nitrogens with one attached hydrogen (secondary N) is 2. The predicted octanol–water partition coefficient (Wildman–Crippen LogP) is 2.32. The van der Waals surface area contributed by atoms with Gasteiger partial charge >= 0.3 is 6.03 Å². The molecule has 2 saturated heterocycles. The van der Waals surface area contributed by atoms with Crippen LogP contribution in [-0.2, 0) is 26.1 Å². The largest absolute Gasteiger partial charge is 0.376 e. The SMILES string of the molecule is CS(=O)(=O)N[C@H]1CCCN(C(=O)Nc2cccc(COC[C@@H]3CCCCO3)c2)C1.